The molecule has 8 nitrogen and oxygen atoms in total. The van der Waals surface area contributed by atoms with Crippen LogP contribution in [0.2, 0.25) is 0 Å². The molecule has 1 aliphatic heterocycles. The van der Waals surface area contributed by atoms with E-state index in [1.165, 1.54) is 44.2 Å². The van der Waals surface area contributed by atoms with Gasteiger partial charge in [-0.3, -0.25) is 4.90 Å². The van der Waals surface area contributed by atoms with Crippen molar-refractivity contribution in [3.05, 3.63) is 24.0 Å². The summed E-state index contributed by atoms with van der Waals surface area (Å²) in [5.41, 5.74) is 0.464. The molecule has 1 aliphatic carbocycles. The van der Waals surface area contributed by atoms with E-state index in [9.17, 15) is 9.50 Å². The Balaban J connectivity index is 1.51. The topological polar surface area (TPSA) is 98.2 Å². The van der Waals surface area contributed by atoms with Crippen LogP contribution in [0.15, 0.2) is 18.2 Å². The zero-order valence-electron chi connectivity index (χ0n) is 18.8. The van der Waals surface area contributed by atoms with Gasteiger partial charge >= 0.3 is 0 Å². The highest BCUT2D eigenvalue weighted by molar-refractivity contribution is 5.57. The van der Waals surface area contributed by atoms with Gasteiger partial charge in [0.2, 0.25) is 17.8 Å². The third kappa shape index (κ3) is 5.97. The summed E-state index contributed by atoms with van der Waals surface area (Å²) in [4.78, 5) is 16.1. The third-order valence-corrected chi connectivity index (χ3v) is 6.43. The molecule has 32 heavy (non-hydrogen) atoms. The molecule has 1 atom stereocenters. The second-order valence-electron chi connectivity index (χ2n) is 8.74. The predicted molar refractivity (Wildman–Crippen MR) is 125 cm³/mol. The Kier molecular flexibility index (Phi) is 7.57. The van der Waals surface area contributed by atoms with E-state index < -0.39 is 5.82 Å². The summed E-state index contributed by atoms with van der Waals surface area (Å²) in [6.45, 7) is 5.13. The van der Waals surface area contributed by atoms with E-state index in [4.69, 9.17) is 0 Å². The summed E-state index contributed by atoms with van der Waals surface area (Å²) in [6.07, 6.45) is 9.55. The van der Waals surface area contributed by atoms with Gasteiger partial charge in [-0.15, -0.1) is 0 Å². The van der Waals surface area contributed by atoms with Crippen LogP contribution < -0.4 is 16.0 Å². The highest BCUT2D eigenvalue weighted by Gasteiger charge is 2.23. The van der Waals surface area contributed by atoms with E-state index in [0.29, 0.717) is 35.6 Å². The highest BCUT2D eigenvalue weighted by Crippen LogP contribution is 2.24. The van der Waals surface area contributed by atoms with E-state index in [-0.39, 0.29) is 5.75 Å². The third-order valence-electron chi connectivity index (χ3n) is 6.43. The lowest BCUT2D eigenvalue weighted by molar-refractivity contribution is 0.277. The van der Waals surface area contributed by atoms with Gasteiger partial charge in [-0.2, -0.15) is 15.0 Å². The number of nitrogens with one attached hydrogen (secondary N) is 3. The lowest BCUT2D eigenvalue weighted by Crippen LogP contribution is -2.35. The molecule has 4 N–H and O–H groups in total. The van der Waals surface area contributed by atoms with Crippen LogP contribution in [-0.4, -0.2) is 56.7 Å². The van der Waals surface area contributed by atoms with E-state index >= 15 is 0 Å². The zero-order chi connectivity index (χ0) is 22.3. The van der Waals surface area contributed by atoms with Gasteiger partial charge in [0.1, 0.15) is 0 Å². The van der Waals surface area contributed by atoms with E-state index in [0.717, 1.165) is 38.9 Å². The Hall–Kier alpha value is -2.68. The van der Waals surface area contributed by atoms with Crippen LogP contribution in [0.4, 0.5) is 27.9 Å². The normalized spacial score (nSPS) is 20.1. The number of aromatic hydroxyl groups is 1. The van der Waals surface area contributed by atoms with Crippen LogP contribution in [0.3, 0.4) is 0 Å². The summed E-state index contributed by atoms with van der Waals surface area (Å²) in [6, 6.07) is 4.94. The molecule has 1 saturated heterocycles. The molecule has 1 unspecified atom stereocenters. The number of anilines is 4. The van der Waals surface area contributed by atoms with Crippen LogP contribution >= 0.6 is 0 Å². The fraction of sp³-hybridized carbons (Fsp3) is 0.609. The zero-order valence-corrected chi connectivity index (χ0v) is 18.8. The molecule has 2 aromatic rings. The largest absolute Gasteiger partial charge is 0.505 e. The molecule has 0 bridgehead atoms. The number of benzene rings is 1. The molecule has 1 saturated carbocycles. The second kappa shape index (κ2) is 10.8. The Bertz CT molecular complexity index is 889. The highest BCUT2D eigenvalue weighted by atomic mass is 19.1. The van der Waals surface area contributed by atoms with Gasteiger partial charge in [0, 0.05) is 30.4 Å². The van der Waals surface area contributed by atoms with Crippen molar-refractivity contribution in [2.75, 3.05) is 35.6 Å². The molecule has 1 aromatic heterocycles. The molecule has 1 aromatic carbocycles. The molecule has 2 heterocycles. The molecule has 2 aliphatic rings. The number of phenolic OH excluding ortho intramolecular Hbond substituents is 1. The molecular formula is C23H34FN7O. The maximum atomic E-state index is 13.8. The molecule has 9 heteroatoms. The van der Waals surface area contributed by atoms with Gasteiger partial charge in [-0.05, 0) is 50.9 Å². The lowest BCUT2D eigenvalue weighted by Gasteiger charge is -2.23. The molecule has 0 spiro atoms. The lowest BCUT2D eigenvalue weighted by atomic mass is 10.1. The average Bonchev–Trinajstić information content (AvgIpc) is 3.09. The van der Waals surface area contributed by atoms with Crippen LogP contribution in [0.5, 0.6) is 5.75 Å². The maximum absolute atomic E-state index is 13.8. The summed E-state index contributed by atoms with van der Waals surface area (Å²) >= 11 is 0. The van der Waals surface area contributed by atoms with Crippen molar-refractivity contribution in [1.82, 2.24) is 19.9 Å². The van der Waals surface area contributed by atoms with Crippen molar-refractivity contribution < 1.29 is 9.50 Å². The van der Waals surface area contributed by atoms with E-state index in [1.54, 1.807) is 6.07 Å². The number of aromatic nitrogens is 3. The number of hydrogen-bond acceptors (Lipinski definition) is 8. The first-order chi connectivity index (χ1) is 15.6. The first-order valence-electron chi connectivity index (χ1n) is 11.9. The van der Waals surface area contributed by atoms with Crippen molar-refractivity contribution in [1.29, 1.82) is 0 Å². The van der Waals surface area contributed by atoms with Crippen LogP contribution in [0, 0.1) is 5.82 Å². The van der Waals surface area contributed by atoms with E-state index in [2.05, 4.69) is 42.7 Å². The number of halogens is 1. The van der Waals surface area contributed by atoms with Crippen molar-refractivity contribution in [2.24, 2.45) is 0 Å². The number of nitrogens with zero attached hydrogens (tertiary/aromatic N) is 4. The Morgan fingerprint density at radius 2 is 1.75 bits per heavy atom. The number of phenols is 1. The van der Waals surface area contributed by atoms with Crippen molar-refractivity contribution >= 4 is 23.5 Å². The summed E-state index contributed by atoms with van der Waals surface area (Å²) in [7, 11) is 0. The first-order valence-corrected chi connectivity index (χ1v) is 11.9. The molecule has 174 valence electrons. The van der Waals surface area contributed by atoms with E-state index in [1.807, 2.05) is 0 Å². The minimum Gasteiger partial charge on any atom is -0.505 e. The smallest absolute Gasteiger partial charge is 0.233 e. The SMILES string of the molecule is CCN1CCCC1CNc1nc(Nc2ccc(O)c(F)c2)nc(NC2CCCCCC2)n1. The van der Waals surface area contributed by atoms with Gasteiger partial charge < -0.3 is 21.1 Å². The van der Waals surface area contributed by atoms with Crippen LogP contribution in [-0.2, 0) is 0 Å². The molecule has 2 fully saturated rings. The average molecular weight is 444 g/mol. The summed E-state index contributed by atoms with van der Waals surface area (Å²) in [5, 5.41) is 19.4. The van der Waals surface area contributed by atoms with Gasteiger partial charge in [0.25, 0.3) is 0 Å². The fourth-order valence-electron chi connectivity index (χ4n) is 4.65. The molecule has 0 radical (unpaired) electrons. The monoisotopic (exact) mass is 443 g/mol. The molecule has 4 rings (SSSR count). The number of rotatable bonds is 8. The minimum absolute atomic E-state index is 0.336. The first kappa shape index (κ1) is 22.5. The Morgan fingerprint density at radius 1 is 1.00 bits per heavy atom. The predicted octanol–water partition coefficient (Wildman–Crippen LogP) is 4.49. The van der Waals surface area contributed by atoms with Crippen molar-refractivity contribution in [3.8, 4) is 5.75 Å². The minimum atomic E-state index is -0.694. The maximum Gasteiger partial charge on any atom is 0.233 e. The number of likely N-dealkylation sites (tertiary alicyclic amines) is 1. The van der Waals surface area contributed by atoms with Gasteiger partial charge in [0.15, 0.2) is 11.6 Å². The summed E-state index contributed by atoms with van der Waals surface area (Å²) in [5.74, 6) is 0.277. The molecular weight excluding hydrogens is 409 g/mol. The number of hydrogen-bond donors (Lipinski definition) is 4. The summed E-state index contributed by atoms with van der Waals surface area (Å²) < 4.78 is 13.8. The quantitative estimate of drug-likeness (QED) is 0.350. The van der Waals surface area contributed by atoms with Crippen LogP contribution in [0.1, 0.15) is 58.3 Å². The van der Waals surface area contributed by atoms with Crippen LogP contribution in [0.25, 0.3) is 0 Å². The Morgan fingerprint density at radius 3 is 2.50 bits per heavy atom. The second-order valence-corrected chi connectivity index (χ2v) is 8.74. The fourth-order valence-corrected chi connectivity index (χ4v) is 4.65. The van der Waals surface area contributed by atoms with Gasteiger partial charge in [-0.25, -0.2) is 4.39 Å². The van der Waals surface area contributed by atoms with Gasteiger partial charge in [0.05, 0.1) is 0 Å². The standard InChI is InChI=1S/C23H34FN7O/c1-2-31-13-7-10-18(31)15-25-21-28-22(26-16-8-5-3-4-6-9-16)30-23(29-21)27-17-11-12-20(32)19(24)14-17/h11-12,14,16,18,32H,2-10,13,15H2,1H3,(H3,25,26,27,28,29,30). The molecule has 0 amide bonds. The Labute approximate surface area is 189 Å². The van der Waals surface area contributed by atoms with Gasteiger partial charge in [-0.1, -0.05) is 32.6 Å². The van der Waals surface area contributed by atoms with Crippen molar-refractivity contribution in [3.63, 3.8) is 0 Å². The van der Waals surface area contributed by atoms with Crippen molar-refractivity contribution in [2.45, 2.75) is 70.4 Å². The number of likely N-dealkylation sites (N-methyl/N-ethyl adjacent to an activating group) is 1.